The van der Waals surface area contributed by atoms with Gasteiger partial charge in [-0.1, -0.05) is 29.5 Å². The van der Waals surface area contributed by atoms with Gasteiger partial charge >= 0.3 is 4.87 Å². The highest BCUT2D eigenvalue weighted by atomic mass is 32.2. The number of anilines is 2. The van der Waals surface area contributed by atoms with Crippen LogP contribution >= 0.6 is 11.3 Å². The second kappa shape index (κ2) is 10.7. The summed E-state index contributed by atoms with van der Waals surface area (Å²) in [7, 11) is -1.17. The molecule has 0 aliphatic heterocycles. The predicted molar refractivity (Wildman–Crippen MR) is 146 cm³/mol. The Labute approximate surface area is 218 Å². The van der Waals surface area contributed by atoms with E-state index in [9.17, 15) is 18.0 Å². The third-order valence-corrected chi connectivity index (χ3v) is 8.39. The quantitative estimate of drug-likeness (QED) is 0.335. The standard InChI is InChI=1S/C26H27N3O6S2/c1-17(2)29-21-12-10-18(14-24(21)36-26(29)31)27-25(30)16-28(37(32,33)20-8-6-5-7-9-20)19-11-13-22(34-3)23(15-19)35-4/h5-15,17H,16H2,1-4H3,(H,27,30). The molecule has 194 valence electrons. The van der Waals surface area contributed by atoms with Gasteiger partial charge in [-0.15, -0.1) is 0 Å². The Morgan fingerprint density at radius 1 is 1.00 bits per heavy atom. The molecule has 0 aliphatic carbocycles. The molecule has 1 N–H and O–H groups in total. The van der Waals surface area contributed by atoms with E-state index >= 15 is 0 Å². The minimum Gasteiger partial charge on any atom is -0.493 e. The van der Waals surface area contributed by atoms with Crippen molar-refractivity contribution in [1.82, 2.24) is 4.57 Å². The lowest BCUT2D eigenvalue weighted by Crippen LogP contribution is -2.38. The lowest BCUT2D eigenvalue weighted by molar-refractivity contribution is -0.114. The fourth-order valence-electron chi connectivity index (χ4n) is 3.95. The van der Waals surface area contributed by atoms with Gasteiger partial charge in [-0.2, -0.15) is 0 Å². The van der Waals surface area contributed by atoms with E-state index in [1.54, 1.807) is 53.1 Å². The zero-order chi connectivity index (χ0) is 26.7. The number of carbonyl (C=O) groups excluding carboxylic acids is 1. The fraction of sp³-hybridized carbons (Fsp3) is 0.231. The molecule has 4 aromatic rings. The van der Waals surface area contributed by atoms with Crippen LogP contribution in [-0.4, -0.2) is 39.7 Å². The summed E-state index contributed by atoms with van der Waals surface area (Å²) in [6.07, 6.45) is 0. The molecule has 0 aliphatic rings. The summed E-state index contributed by atoms with van der Waals surface area (Å²) in [6, 6.07) is 17.7. The topological polar surface area (TPSA) is 107 Å². The van der Waals surface area contributed by atoms with Crippen LogP contribution in [0.3, 0.4) is 0 Å². The Morgan fingerprint density at radius 3 is 2.35 bits per heavy atom. The molecule has 1 aromatic heterocycles. The summed E-state index contributed by atoms with van der Waals surface area (Å²) >= 11 is 1.09. The first-order valence-corrected chi connectivity index (χ1v) is 13.7. The minimum atomic E-state index is -4.10. The van der Waals surface area contributed by atoms with Gasteiger partial charge in [0.2, 0.25) is 5.91 Å². The van der Waals surface area contributed by atoms with Crippen molar-refractivity contribution in [3.63, 3.8) is 0 Å². The van der Waals surface area contributed by atoms with E-state index < -0.39 is 22.5 Å². The van der Waals surface area contributed by atoms with Crippen molar-refractivity contribution in [3.8, 4) is 11.5 Å². The Balaban J connectivity index is 1.68. The molecule has 0 saturated carbocycles. The smallest absolute Gasteiger partial charge is 0.308 e. The number of hydrogen-bond acceptors (Lipinski definition) is 7. The van der Waals surface area contributed by atoms with Crippen LogP contribution in [0.25, 0.3) is 10.2 Å². The van der Waals surface area contributed by atoms with Crippen molar-refractivity contribution in [2.24, 2.45) is 0 Å². The van der Waals surface area contributed by atoms with Crippen LogP contribution in [0.15, 0.2) is 76.4 Å². The SMILES string of the molecule is COc1ccc(N(CC(=O)Nc2ccc3c(c2)sc(=O)n3C(C)C)S(=O)(=O)c2ccccc2)cc1OC. The van der Waals surface area contributed by atoms with E-state index in [1.807, 2.05) is 13.8 Å². The number of aromatic nitrogens is 1. The van der Waals surface area contributed by atoms with Crippen molar-refractivity contribution in [1.29, 1.82) is 0 Å². The molecule has 0 unspecified atom stereocenters. The predicted octanol–water partition coefficient (Wildman–Crippen LogP) is 4.50. The molecule has 0 atom stereocenters. The average Bonchev–Trinajstić information content (AvgIpc) is 3.22. The van der Waals surface area contributed by atoms with Gasteiger partial charge in [0.25, 0.3) is 10.0 Å². The van der Waals surface area contributed by atoms with Crippen molar-refractivity contribution in [2.75, 3.05) is 30.4 Å². The molecule has 0 fully saturated rings. The van der Waals surface area contributed by atoms with E-state index in [2.05, 4.69) is 5.32 Å². The maximum Gasteiger partial charge on any atom is 0.308 e. The van der Waals surface area contributed by atoms with Crippen LogP contribution in [-0.2, 0) is 14.8 Å². The van der Waals surface area contributed by atoms with E-state index in [4.69, 9.17) is 9.47 Å². The van der Waals surface area contributed by atoms with Crippen LogP contribution < -0.4 is 24.0 Å². The zero-order valence-corrected chi connectivity index (χ0v) is 22.4. The third-order valence-electron chi connectivity index (χ3n) is 5.69. The van der Waals surface area contributed by atoms with Gasteiger partial charge in [0.1, 0.15) is 6.54 Å². The number of thiazole rings is 1. The number of rotatable bonds is 9. The number of carbonyl (C=O) groups is 1. The summed E-state index contributed by atoms with van der Waals surface area (Å²) in [4.78, 5) is 25.5. The van der Waals surface area contributed by atoms with Crippen molar-refractivity contribution in [3.05, 3.63) is 76.4 Å². The first-order valence-electron chi connectivity index (χ1n) is 11.4. The number of ether oxygens (including phenoxy) is 2. The van der Waals surface area contributed by atoms with Gasteiger partial charge < -0.3 is 14.8 Å². The lowest BCUT2D eigenvalue weighted by atomic mass is 10.2. The first kappa shape index (κ1) is 26.2. The van der Waals surface area contributed by atoms with Crippen molar-refractivity contribution < 1.29 is 22.7 Å². The summed E-state index contributed by atoms with van der Waals surface area (Å²) in [6.45, 7) is 3.37. The normalized spacial score (nSPS) is 11.5. The Bertz CT molecular complexity index is 1590. The molecule has 0 bridgehead atoms. The molecule has 11 heteroatoms. The molecule has 4 rings (SSSR count). The van der Waals surface area contributed by atoms with Gasteiger partial charge in [0.15, 0.2) is 11.5 Å². The molecular formula is C26H27N3O6S2. The number of nitrogens with zero attached hydrogens (tertiary/aromatic N) is 2. The highest BCUT2D eigenvalue weighted by Crippen LogP contribution is 2.34. The average molecular weight is 542 g/mol. The fourth-order valence-corrected chi connectivity index (χ4v) is 6.44. The monoisotopic (exact) mass is 541 g/mol. The van der Waals surface area contributed by atoms with Crippen molar-refractivity contribution >= 4 is 48.9 Å². The van der Waals surface area contributed by atoms with Gasteiger partial charge in [0, 0.05) is 17.8 Å². The van der Waals surface area contributed by atoms with Crippen LogP contribution in [0, 0.1) is 0 Å². The number of nitrogens with one attached hydrogen (secondary N) is 1. The zero-order valence-electron chi connectivity index (χ0n) is 20.8. The molecule has 0 spiro atoms. The molecule has 37 heavy (non-hydrogen) atoms. The number of fused-ring (bicyclic) bond motifs is 1. The molecule has 3 aromatic carbocycles. The maximum absolute atomic E-state index is 13.6. The Hall–Kier alpha value is -3.83. The maximum atomic E-state index is 13.6. The molecule has 0 radical (unpaired) electrons. The molecule has 1 heterocycles. The van der Waals surface area contributed by atoms with E-state index in [0.717, 1.165) is 25.9 Å². The Kier molecular flexibility index (Phi) is 7.55. The lowest BCUT2D eigenvalue weighted by Gasteiger charge is -2.25. The number of sulfonamides is 1. The number of hydrogen-bond donors (Lipinski definition) is 1. The van der Waals surface area contributed by atoms with Crippen LogP contribution in [0.1, 0.15) is 19.9 Å². The van der Waals surface area contributed by atoms with Crippen LogP contribution in [0.5, 0.6) is 11.5 Å². The van der Waals surface area contributed by atoms with Crippen molar-refractivity contribution in [2.45, 2.75) is 24.8 Å². The second-order valence-electron chi connectivity index (χ2n) is 8.43. The molecular weight excluding hydrogens is 514 g/mol. The highest BCUT2D eigenvalue weighted by molar-refractivity contribution is 7.92. The summed E-state index contributed by atoms with van der Waals surface area (Å²) in [5.41, 5.74) is 1.47. The van der Waals surface area contributed by atoms with Crippen LogP contribution in [0.2, 0.25) is 0 Å². The highest BCUT2D eigenvalue weighted by Gasteiger charge is 2.28. The van der Waals surface area contributed by atoms with Crippen LogP contribution in [0.4, 0.5) is 11.4 Å². The summed E-state index contributed by atoms with van der Waals surface area (Å²) in [5, 5.41) is 2.76. The molecule has 1 amide bonds. The van der Waals surface area contributed by atoms with E-state index in [-0.39, 0.29) is 21.5 Å². The number of benzene rings is 3. The van der Waals surface area contributed by atoms with E-state index in [1.165, 1.54) is 32.4 Å². The number of methoxy groups -OCH3 is 2. The van der Waals surface area contributed by atoms with E-state index in [0.29, 0.717) is 17.2 Å². The summed E-state index contributed by atoms with van der Waals surface area (Å²) in [5.74, 6) is 0.196. The largest absolute Gasteiger partial charge is 0.493 e. The second-order valence-corrected chi connectivity index (χ2v) is 11.3. The van der Waals surface area contributed by atoms with Gasteiger partial charge in [-0.3, -0.25) is 18.5 Å². The first-order chi connectivity index (χ1) is 17.6. The molecule has 9 nitrogen and oxygen atoms in total. The Morgan fingerprint density at radius 2 is 1.70 bits per heavy atom. The van der Waals surface area contributed by atoms with Gasteiger partial charge in [-0.05, 0) is 56.3 Å². The molecule has 0 saturated heterocycles. The van der Waals surface area contributed by atoms with Gasteiger partial charge in [0.05, 0.1) is 35.0 Å². The number of amides is 1. The minimum absolute atomic E-state index is 0.0000643. The van der Waals surface area contributed by atoms with Gasteiger partial charge in [-0.25, -0.2) is 8.42 Å². The third kappa shape index (κ3) is 5.32. The summed E-state index contributed by atoms with van der Waals surface area (Å²) < 4.78 is 41.2.